The number of ether oxygens (including phenoxy) is 1. The fourth-order valence-electron chi connectivity index (χ4n) is 2.33. The monoisotopic (exact) mass is 199 g/mol. The first kappa shape index (κ1) is 12.0. The summed E-state index contributed by atoms with van der Waals surface area (Å²) in [7, 11) is 0. The summed E-state index contributed by atoms with van der Waals surface area (Å²) in [6.45, 7) is 12.1. The first-order valence-electron chi connectivity index (χ1n) is 5.81. The Balaban J connectivity index is 2.44. The van der Waals surface area contributed by atoms with Crippen LogP contribution in [0.3, 0.4) is 0 Å². The molecule has 0 aromatic carbocycles. The van der Waals surface area contributed by atoms with Gasteiger partial charge in [-0.05, 0) is 47.1 Å². The Labute approximate surface area is 88.4 Å². The van der Waals surface area contributed by atoms with Crippen molar-refractivity contribution in [2.24, 2.45) is 0 Å². The maximum absolute atomic E-state index is 6.02. The molecule has 1 rings (SSSR count). The summed E-state index contributed by atoms with van der Waals surface area (Å²) >= 11 is 0. The third-order valence-corrected chi connectivity index (χ3v) is 3.00. The Hall–Kier alpha value is -0.0800. The van der Waals surface area contributed by atoms with Crippen LogP contribution < -0.4 is 5.32 Å². The maximum atomic E-state index is 6.02. The van der Waals surface area contributed by atoms with Crippen molar-refractivity contribution in [3.63, 3.8) is 0 Å². The molecule has 2 nitrogen and oxygen atoms in total. The number of unbranched alkanes of at least 4 members (excludes halogenated alkanes) is 1. The molecule has 0 aromatic rings. The molecule has 1 N–H and O–H groups in total. The Morgan fingerprint density at radius 1 is 1.29 bits per heavy atom. The third kappa shape index (κ3) is 2.96. The van der Waals surface area contributed by atoms with E-state index in [2.05, 4.69) is 39.9 Å². The van der Waals surface area contributed by atoms with Crippen LogP contribution in [0.15, 0.2) is 0 Å². The van der Waals surface area contributed by atoms with E-state index >= 15 is 0 Å². The molecule has 0 unspecified atom stereocenters. The van der Waals surface area contributed by atoms with Gasteiger partial charge in [-0.1, -0.05) is 13.3 Å². The predicted molar refractivity (Wildman–Crippen MR) is 60.6 cm³/mol. The predicted octanol–water partition coefficient (Wildman–Crippen LogP) is 2.72. The molecule has 0 aromatic heterocycles. The van der Waals surface area contributed by atoms with Gasteiger partial charge in [0.25, 0.3) is 0 Å². The van der Waals surface area contributed by atoms with Gasteiger partial charge in [0.05, 0.1) is 11.2 Å². The highest BCUT2D eigenvalue weighted by molar-refractivity contribution is 4.98. The first-order valence-corrected chi connectivity index (χ1v) is 5.81. The molecule has 0 bridgehead atoms. The molecule has 1 saturated heterocycles. The molecule has 0 saturated carbocycles. The van der Waals surface area contributed by atoms with E-state index < -0.39 is 0 Å². The van der Waals surface area contributed by atoms with Crippen LogP contribution in [-0.2, 0) is 4.74 Å². The molecule has 14 heavy (non-hydrogen) atoms. The van der Waals surface area contributed by atoms with Crippen molar-refractivity contribution in [1.82, 2.24) is 5.32 Å². The van der Waals surface area contributed by atoms with E-state index in [9.17, 15) is 0 Å². The van der Waals surface area contributed by atoms with Crippen molar-refractivity contribution in [3.8, 4) is 0 Å². The van der Waals surface area contributed by atoms with Crippen molar-refractivity contribution in [1.29, 1.82) is 0 Å². The van der Waals surface area contributed by atoms with E-state index in [4.69, 9.17) is 4.74 Å². The quantitative estimate of drug-likeness (QED) is 0.703. The van der Waals surface area contributed by atoms with Gasteiger partial charge in [-0.3, -0.25) is 0 Å². The van der Waals surface area contributed by atoms with Gasteiger partial charge in [-0.2, -0.15) is 0 Å². The van der Waals surface area contributed by atoms with E-state index in [0.29, 0.717) is 6.04 Å². The highest BCUT2D eigenvalue weighted by Gasteiger charge is 2.45. The van der Waals surface area contributed by atoms with Crippen molar-refractivity contribution < 1.29 is 4.74 Å². The SMILES string of the molecule is CCCCN[C@H]1CC(C)(C)OC1(C)C. The van der Waals surface area contributed by atoms with Crippen LogP contribution in [0.5, 0.6) is 0 Å². The Morgan fingerprint density at radius 2 is 1.93 bits per heavy atom. The van der Waals surface area contributed by atoms with Gasteiger partial charge in [0, 0.05) is 6.04 Å². The summed E-state index contributed by atoms with van der Waals surface area (Å²) in [5.41, 5.74) is 0.0185. The largest absolute Gasteiger partial charge is 0.368 e. The van der Waals surface area contributed by atoms with Gasteiger partial charge in [0.15, 0.2) is 0 Å². The van der Waals surface area contributed by atoms with Gasteiger partial charge in [0.2, 0.25) is 0 Å². The molecule has 0 radical (unpaired) electrons. The number of nitrogens with one attached hydrogen (secondary N) is 1. The lowest BCUT2D eigenvalue weighted by Gasteiger charge is -2.27. The van der Waals surface area contributed by atoms with Crippen LogP contribution in [-0.4, -0.2) is 23.8 Å². The average molecular weight is 199 g/mol. The molecule has 1 heterocycles. The summed E-state index contributed by atoms with van der Waals surface area (Å²) in [5, 5.41) is 3.60. The van der Waals surface area contributed by atoms with E-state index in [1.54, 1.807) is 0 Å². The van der Waals surface area contributed by atoms with Crippen molar-refractivity contribution in [3.05, 3.63) is 0 Å². The van der Waals surface area contributed by atoms with Crippen molar-refractivity contribution in [2.75, 3.05) is 6.54 Å². The van der Waals surface area contributed by atoms with E-state index in [1.165, 1.54) is 12.8 Å². The van der Waals surface area contributed by atoms with Gasteiger partial charge in [0.1, 0.15) is 0 Å². The lowest BCUT2D eigenvalue weighted by molar-refractivity contribution is -0.0697. The first-order chi connectivity index (χ1) is 6.37. The van der Waals surface area contributed by atoms with Gasteiger partial charge in [-0.15, -0.1) is 0 Å². The summed E-state index contributed by atoms with van der Waals surface area (Å²) in [5.74, 6) is 0. The normalized spacial score (nSPS) is 29.4. The molecular weight excluding hydrogens is 174 g/mol. The number of hydrogen-bond acceptors (Lipinski definition) is 2. The van der Waals surface area contributed by atoms with Crippen LogP contribution >= 0.6 is 0 Å². The molecular formula is C12H25NO. The van der Waals surface area contributed by atoms with Gasteiger partial charge >= 0.3 is 0 Å². The van der Waals surface area contributed by atoms with E-state index in [1.807, 2.05) is 0 Å². The summed E-state index contributed by atoms with van der Waals surface area (Å²) in [6.07, 6.45) is 3.63. The van der Waals surface area contributed by atoms with Crippen molar-refractivity contribution in [2.45, 2.75) is 71.1 Å². The lowest BCUT2D eigenvalue weighted by atomic mass is 9.94. The second kappa shape index (κ2) is 4.19. The summed E-state index contributed by atoms with van der Waals surface area (Å²) in [4.78, 5) is 0. The smallest absolute Gasteiger partial charge is 0.0787 e. The summed E-state index contributed by atoms with van der Waals surface area (Å²) < 4.78 is 6.02. The summed E-state index contributed by atoms with van der Waals surface area (Å²) in [6, 6.07) is 0.504. The molecule has 0 spiro atoms. The zero-order chi connectivity index (χ0) is 10.8. The number of hydrogen-bond donors (Lipinski definition) is 1. The molecule has 0 amide bonds. The van der Waals surface area contributed by atoms with Crippen LogP contribution in [0.4, 0.5) is 0 Å². The fourth-order valence-corrected chi connectivity index (χ4v) is 2.33. The second-order valence-corrected chi connectivity index (χ2v) is 5.53. The van der Waals surface area contributed by atoms with E-state index in [0.717, 1.165) is 13.0 Å². The molecule has 0 aliphatic carbocycles. The van der Waals surface area contributed by atoms with Crippen LogP contribution in [0.25, 0.3) is 0 Å². The third-order valence-electron chi connectivity index (χ3n) is 3.00. The minimum absolute atomic E-state index is 0.0166. The fraction of sp³-hybridized carbons (Fsp3) is 1.00. The maximum Gasteiger partial charge on any atom is 0.0787 e. The molecule has 84 valence electrons. The minimum Gasteiger partial charge on any atom is -0.368 e. The number of rotatable bonds is 4. The highest BCUT2D eigenvalue weighted by Crippen LogP contribution is 2.37. The zero-order valence-corrected chi connectivity index (χ0v) is 10.3. The zero-order valence-electron chi connectivity index (χ0n) is 10.3. The van der Waals surface area contributed by atoms with Gasteiger partial charge < -0.3 is 10.1 Å². The molecule has 1 fully saturated rings. The molecule has 1 atom stereocenters. The molecule has 1 aliphatic heterocycles. The standard InChI is InChI=1S/C12H25NO/c1-6-7-8-13-10-9-11(2,3)14-12(10,4)5/h10,13H,6-9H2,1-5H3/t10-/m0/s1. The topological polar surface area (TPSA) is 21.3 Å². The van der Waals surface area contributed by atoms with Crippen LogP contribution in [0.1, 0.15) is 53.9 Å². The minimum atomic E-state index is -0.0166. The lowest BCUT2D eigenvalue weighted by Crippen LogP contribution is -2.43. The Bertz CT molecular complexity index is 187. The Morgan fingerprint density at radius 3 is 2.36 bits per heavy atom. The second-order valence-electron chi connectivity index (χ2n) is 5.53. The Kier molecular flexibility index (Phi) is 3.59. The van der Waals surface area contributed by atoms with Crippen LogP contribution in [0.2, 0.25) is 0 Å². The van der Waals surface area contributed by atoms with E-state index in [-0.39, 0.29) is 11.2 Å². The highest BCUT2D eigenvalue weighted by atomic mass is 16.5. The average Bonchev–Trinajstić information content (AvgIpc) is 2.20. The molecule has 2 heteroatoms. The van der Waals surface area contributed by atoms with Gasteiger partial charge in [-0.25, -0.2) is 0 Å². The van der Waals surface area contributed by atoms with Crippen molar-refractivity contribution >= 4 is 0 Å². The van der Waals surface area contributed by atoms with Crippen LogP contribution in [0, 0.1) is 0 Å². The molecule has 1 aliphatic rings.